The Balaban J connectivity index is 2.22. The molecule has 0 unspecified atom stereocenters. The molecule has 0 radical (unpaired) electrons. The topological polar surface area (TPSA) is 12.0 Å². The maximum absolute atomic E-state index is 4.99. The molecule has 0 saturated heterocycles. The van der Waals surface area contributed by atoms with E-state index in [9.17, 15) is 0 Å². The van der Waals surface area contributed by atoms with Crippen LogP contribution < -0.4 is 5.32 Å². The molecular weight excluding hydrogens is 154 g/mol. The predicted molar refractivity (Wildman–Crippen MR) is 52.8 cm³/mol. The summed E-state index contributed by atoms with van der Waals surface area (Å²) in [5, 5.41) is 3.33. The highest BCUT2D eigenvalue weighted by Gasteiger charge is 2.17. The van der Waals surface area contributed by atoms with Crippen molar-refractivity contribution in [2.24, 2.45) is 5.92 Å². The van der Waals surface area contributed by atoms with Gasteiger partial charge in [-0.2, -0.15) is 0 Å². The van der Waals surface area contributed by atoms with Crippen LogP contribution in [0.4, 0.5) is 0 Å². The van der Waals surface area contributed by atoms with Crippen LogP contribution in [-0.4, -0.2) is 11.0 Å². The molecule has 2 heteroatoms. The molecule has 0 spiro atoms. The molecule has 0 aromatic rings. The summed E-state index contributed by atoms with van der Waals surface area (Å²) < 4.78 is 0. The van der Waals surface area contributed by atoms with Gasteiger partial charge in [0.2, 0.25) is 0 Å². The van der Waals surface area contributed by atoms with Crippen LogP contribution in [0.3, 0.4) is 0 Å². The fraction of sp³-hybridized carbons (Fsp3) is 0.889. The molecule has 0 atom stereocenters. The van der Waals surface area contributed by atoms with Crippen molar-refractivity contribution in [2.45, 2.75) is 45.6 Å². The SMILES string of the molecule is CC(=S)NC1CCC(C)CC1. The average Bonchev–Trinajstić information content (AvgIpc) is 1.93. The van der Waals surface area contributed by atoms with E-state index >= 15 is 0 Å². The van der Waals surface area contributed by atoms with Gasteiger partial charge in [0.15, 0.2) is 0 Å². The molecule has 0 aromatic heterocycles. The highest BCUT2D eigenvalue weighted by atomic mass is 32.1. The second kappa shape index (κ2) is 4.05. The largest absolute Gasteiger partial charge is 0.377 e. The first kappa shape index (κ1) is 8.98. The van der Waals surface area contributed by atoms with Crippen molar-refractivity contribution >= 4 is 17.2 Å². The van der Waals surface area contributed by atoms with Gasteiger partial charge in [0.1, 0.15) is 0 Å². The van der Waals surface area contributed by atoms with Crippen molar-refractivity contribution < 1.29 is 0 Å². The molecule has 1 nitrogen and oxygen atoms in total. The number of hydrogen-bond donors (Lipinski definition) is 1. The molecular formula is C9H17NS. The van der Waals surface area contributed by atoms with Gasteiger partial charge in [-0.05, 0) is 38.5 Å². The monoisotopic (exact) mass is 171 g/mol. The number of thiocarbonyl (C=S) groups is 1. The zero-order valence-corrected chi connectivity index (χ0v) is 8.21. The van der Waals surface area contributed by atoms with E-state index in [-0.39, 0.29) is 0 Å². The lowest BCUT2D eigenvalue weighted by Crippen LogP contribution is -2.34. The fourth-order valence-electron chi connectivity index (χ4n) is 1.69. The standard InChI is InChI=1S/C9H17NS/c1-7-3-5-9(6-4-7)10-8(2)11/h7,9H,3-6H2,1-2H3,(H,10,11). The van der Waals surface area contributed by atoms with Gasteiger partial charge in [-0.1, -0.05) is 19.1 Å². The van der Waals surface area contributed by atoms with E-state index in [1.807, 2.05) is 6.92 Å². The predicted octanol–water partition coefficient (Wildman–Crippen LogP) is 2.50. The number of rotatable bonds is 1. The van der Waals surface area contributed by atoms with Crippen LogP contribution in [0.5, 0.6) is 0 Å². The van der Waals surface area contributed by atoms with Crippen molar-refractivity contribution in [3.8, 4) is 0 Å². The van der Waals surface area contributed by atoms with E-state index in [2.05, 4.69) is 12.2 Å². The molecule has 0 bridgehead atoms. The second-order valence-corrected chi connectivity index (χ2v) is 4.27. The average molecular weight is 171 g/mol. The molecule has 1 N–H and O–H groups in total. The van der Waals surface area contributed by atoms with E-state index in [1.165, 1.54) is 25.7 Å². The number of hydrogen-bond acceptors (Lipinski definition) is 1. The third-order valence-corrected chi connectivity index (χ3v) is 2.54. The Morgan fingerprint density at radius 2 is 1.82 bits per heavy atom. The molecule has 0 heterocycles. The van der Waals surface area contributed by atoms with Crippen LogP contribution in [0.2, 0.25) is 0 Å². The zero-order valence-electron chi connectivity index (χ0n) is 7.39. The summed E-state index contributed by atoms with van der Waals surface area (Å²) in [5.74, 6) is 0.929. The summed E-state index contributed by atoms with van der Waals surface area (Å²) in [6, 6.07) is 0.670. The van der Waals surface area contributed by atoms with Crippen molar-refractivity contribution in [3.05, 3.63) is 0 Å². The minimum absolute atomic E-state index is 0.670. The molecule has 1 rings (SSSR count). The summed E-state index contributed by atoms with van der Waals surface area (Å²) in [6.07, 6.45) is 5.32. The smallest absolute Gasteiger partial charge is 0.0724 e. The Hall–Kier alpha value is -0.110. The Morgan fingerprint density at radius 1 is 1.27 bits per heavy atom. The maximum atomic E-state index is 4.99. The van der Waals surface area contributed by atoms with Gasteiger partial charge < -0.3 is 5.32 Å². The van der Waals surface area contributed by atoms with Gasteiger partial charge in [0.05, 0.1) is 4.99 Å². The van der Waals surface area contributed by atoms with Crippen molar-refractivity contribution in [3.63, 3.8) is 0 Å². The third kappa shape index (κ3) is 3.19. The minimum Gasteiger partial charge on any atom is -0.377 e. The molecule has 1 aliphatic carbocycles. The molecule has 0 amide bonds. The molecule has 1 aliphatic rings. The molecule has 0 aliphatic heterocycles. The third-order valence-electron chi connectivity index (χ3n) is 2.42. The van der Waals surface area contributed by atoms with Crippen LogP contribution in [0.1, 0.15) is 39.5 Å². The Morgan fingerprint density at radius 3 is 2.27 bits per heavy atom. The lowest BCUT2D eigenvalue weighted by molar-refractivity contribution is 0.331. The quantitative estimate of drug-likeness (QED) is 0.608. The van der Waals surface area contributed by atoms with Gasteiger partial charge >= 0.3 is 0 Å². The first-order valence-corrected chi connectivity index (χ1v) is 4.86. The van der Waals surface area contributed by atoms with Gasteiger partial charge in [-0.15, -0.1) is 0 Å². The van der Waals surface area contributed by atoms with Gasteiger partial charge in [0, 0.05) is 6.04 Å². The fourth-order valence-corrected chi connectivity index (χ4v) is 1.86. The Kier molecular flexibility index (Phi) is 3.31. The van der Waals surface area contributed by atoms with Crippen LogP contribution >= 0.6 is 12.2 Å². The van der Waals surface area contributed by atoms with Gasteiger partial charge in [-0.3, -0.25) is 0 Å². The normalized spacial score (nSPS) is 31.5. The van der Waals surface area contributed by atoms with Gasteiger partial charge in [0.25, 0.3) is 0 Å². The molecule has 11 heavy (non-hydrogen) atoms. The van der Waals surface area contributed by atoms with Crippen molar-refractivity contribution in [2.75, 3.05) is 0 Å². The summed E-state index contributed by atoms with van der Waals surface area (Å²) in [7, 11) is 0. The maximum Gasteiger partial charge on any atom is 0.0724 e. The van der Waals surface area contributed by atoms with Crippen LogP contribution in [0.25, 0.3) is 0 Å². The van der Waals surface area contributed by atoms with E-state index in [0.29, 0.717) is 6.04 Å². The highest BCUT2D eigenvalue weighted by Crippen LogP contribution is 2.23. The minimum atomic E-state index is 0.670. The van der Waals surface area contributed by atoms with Gasteiger partial charge in [-0.25, -0.2) is 0 Å². The van der Waals surface area contributed by atoms with E-state index in [1.54, 1.807) is 0 Å². The van der Waals surface area contributed by atoms with Crippen molar-refractivity contribution in [1.82, 2.24) is 5.32 Å². The lowest BCUT2D eigenvalue weighted by atomic mass is 9.87. The highest BCUT2D eigenvalue weighted by molar-refractivity contribution is 7.80. The summed E-state index contributed by atoms with van der Waals surface area (Å²) in [6.45, 7) is 4.30. The summed E-state index contributed by atoms with van der Waals surface area (Å²) >= 11 is 4.99. The lowest BCUT2D eigenvalue weighted by Gasteiger charge is -2.27. The Bertz CT molecular complexity index is 136. The summed E-state index contributed by atoms with van der Waals surface area (Å²) in [4.78, 5) is 0.949. The van der Waals surface area contributed by atoms with E-state index in [0.717, 1.165) is 10.9 Å². The molecule has 1 fully saturated rings. The van der Waals surface area contributed by atoms with Crippen LogP contribution in [0, 0.1) is 5.92 Å². The van der Waals surface area contributed by atoms with E-state index in [4.69, 9.17) is 12.2 Å². The Labute approximate surface area is 74.6 Å². The first-order valence-electron chi connectivity index (χ1n) is 4.45. The zero-order chi connectivity index (χ0) is 8.27. The van der Waals surface area contributed by atoms with Crippen molar-refractivity contribution in [1.29, 1.82) is 0 Å². The number of nitrogens with one attached hydrogen (secondary N) is 1. The second-order valence-electron chi connectivity index (χ2n) is 3.66. The summed E-state index contributed by atoms with van der Waals surface area (Å²) in [5.41, 5.74) is 0. The van der Waals surface area contributed by atoms with Crippen LogP contribution in [0.15, 0.2) is 0 Å². The van der Waals surface area contributed by atoms with Crippen LogP contribution in [-0.2, 0) is 0 Å². The first-order chi connectivity index (χ1) is 5.18. The molecule has 1 saturated carbocycles. The molecule has 0 aromatic carbocycles. The van der Waals surface area contributed by atoms with E-state index < -0.39 is 0 Å². The molecule has 64 valence electrons.